The van der Waals surface area contributed by atoms with E-state index in [4.69, 9.17) is 26.4 Å². The van der Waals surface area contributed by atoms with Crippen LogP contribution in [0.2, 0.25) is 0 Å². The summed E-state index contributed by atoms with van der Waals surface area (Å²) in [4.78, 5) is 0. The Morgan fingerprint density at radius 2 is 1.52 bits per heavy atom. The molecule has 2 fully saturated rings. The van der Waals surface area contributed by atoms with Crippen molar-refractivity contribution in [3.8, 4) is 5.75 Å². The molecule has 2 aliphatic heterocycles. The van der Waals surface area contributed by atoms with Gasteiger partial charge in [-0.3, -0.25) is 0 Å². The normalized spacial score (nSPS) is 35.6. The van der Waals surface area contributed by atoms with Crippen LogP contribution in [-0.4, -0.2) is 22.5 Å². The summed E-state index contributed by atoms with van der Waals surface area (Å²) >= 11 is 5.01. The molecule has 3 aliphatic rings. The first-order chi connectivity index (χ1) is 14.3. The molecule has 2 bridgehead atoms. The molecule has 0 N–H and O–H groups in total. The highest BCUT2D eigenvalue weighted by atomic mass is 32.1. The second-order valence-electron chi connectivity index (χ2n) is 9.70. The zero-order valence-electron chi connectivity index (χ0n) is 17.6. The van der Waals surface area contributed by atoms with Gasteiger partial charge < -0.3 is 14.2 Å². The van der Waals surface area contributed by atoms with Gasteiger partial charge in [0.15, 0.2) is 0 Å². The summed E-state index contributed by atoms with van der Waals surface area (Å²) < 4.78 is 85.5. The van der Waals surface area contributed by atoms with Crippen molar-refractivity contribution in [2.45, 2.75) is 70.7 Å². The molecule has 1 aromatic rings. The van der Waals surface area contributed by atoms with E-state index in [9.17, 15) is 22.0 Å². The number of rotatable bonds is 2. The summed E-state index contributed by atoms with van der Waals surface area (Å²) in [6.45, 7) is 8.15. The van der Waals surface area contributed by atoms with Gasteiger partial charge in [-0.1, -0.05) is 39.3 Å². The smallest absolute Gasteiger partial charge is 0.358 e. The van der Waals surface area contributed by atoms with Gasteiger partial charge in [-0.2, -0.15) is 8.78 Å². The van der Waals surface area contributed by atoms with Crippen LogP contribution in [0.25, 0.3) is 0 Å². The molecular formula is C22H23F5O3S. The molecule has 0 radical (unpaired) electrons. The minimum atomic E-state index is -2.27. The van der Waals surface area contributed by atoms with Crippen molar-refractivity contribution in [2.24, 2.45) is 10.8 Å². The van der Waals surface area contributed by atoms with Crippen molar-refractivity contribution in [3.63, 3.8) is 0 Å². The molecule has 31 heavy (non-hydrogen) atoms. The molecule has 1 spiro atoms. The predicted molar refractivity (Wildman–Crippen MR) is 106 cm³/mol. The van der Waals surface area contributed by atoms with Crippen molar-refractivity contribution in [1.82, 2.24) is 0 Å². The molecule has 0 unspecified atom stereocenters. The van der Waals surface area contributed by atoms with Crippen LogP contribution in [0.4, 0.5) is 22.0 Å². The highest BCUT2D eigenvalue weighted by Crippen LogP contribution is 2.66. The zero-order valence-corrected chi connectivity index (χ0v) is 18.4. The summed E-state index contributed by atoms with van der Waals surface area (Å²) in [5, 5.41) is -0.710. The van der Waals surface area contributed by atoms with Gasteiger partial charge in [0, 0.05) is 24.1 Å². The summed E-state index contributed by atoms with van der Waals surface area (Å²) in [5.41, 5.74) is -2.07. The fourth-order valence-corrected chi connectivity index (χ4v) is 5.81. The summed E-state index contributed by atoms with van der Waals surface area (Å²) in [5.74, 6) is -12.2. The molecule has 1 aromatic carbocycles. The Labute approximate surface area is 182 Å². The number of fused-ring (bicyclic) bond motifs is 1. The molecule has 1 saturated heterocycles. The van der Waals surface area contributed by atoms with Crippen LogP contribution in [0.5, 0.6) is 5.75 Å². The van der Waals surface area contributed by atoms with Gasteiger partial charge in [-0.05, 0) is 25.2 Å². The largest absolute Gasteiger partial charge is 0.452 e. The average Bonchev–Trinajstić information content (AvgIpc) is 3.02. The lowest BCUT2D eigenvalue weighted by Gasteiger charge is -2.63. The second-order valence-corrected chi connectivity index (χ2v) is 10.0. The summed E-state index contributed by atoms with van der Waals surface area (Å²) in [7, 11) is 0. The first kappa shape index (κ1) is 22.5. The molecule has 3 nitrogen and oxygen atoms in total. The monoisotopic (exact) mass is 462 g/mol. The van der Waals surface area contributed by atoms with Crippen LogP contribution in [-0.2, 0) is 9.47 Å². The zero-order chi connectivity index (χ0) is 23.0. The van der Waals surface area contributed by atoms with Gasteiger partial charge in [0.25, 0.3) is 0 Å². The van der Waals surface area contributed by atoms with Gasteiger partial charge >= 0.3 is 5.24 Å². The second kappa shape index (κ2) is 6.88. The first-order valence-corrected chi connectivity index (χ1v) is 10.5. The highest BCUT2D eigenvalue weighted by Gasteiger charge is 2.69. The van der Waals surface area contributed by atoms with E-state index in [1.807, 2.05) is 19.9 Å². The lowest BCUT2D eigenvalue weighted by atomic mass is 9.50. The van der Waals surface area contributed by atoms with Gasteiger partial charge in [-0.15, -0.1) is 0 Å². The van der Waals surface area contributed by atoms with Gasteiger partial charge in [0.05, 0.1) is 5.60 Å². The van der Waals surface area contributed by atoms with Crippen molar-refractivity contribution < 1.29 is 36.2 Å². The number of hydrogen-bond acceptors (Lipinski definition) is 4. The molecular weight excluding hydrogens is 439 g/mol. The maximum Gasteiger partial charge on any atom is 0.358 e. The Morgan fingerprint density at radius 3 is 2.13 bits per heavy atom. The van der Waals surface area contributed by atoms with Crippen molar-refractivity contribution in [1.29, 1.82) is 0 Å². The molecule has 4 rings (SSSR count). The Morgan fingerprint density at radius 1 is 0.935 bits per heavy atom. The van der Waals surface area contributed by atoms with E-state index in [-0.39, 0.29) is 5.41 Å². The van der Waals surface area contributed by atoms with Gasteiger partial charge in [-0.25, -0.2) is 13.2 Å². The van der Waals surface area contributed by atoms with E-state index >= 15 is 0 Å². The lowest BCUT2D eigenvalue weighted by Crippen LogP contribution is -2.68. The minimum Gasteiger partial charge on any atom is -0.452 e. The maximum atomic E-state index is 14.0. The minimum absolute atomic E-state index is 0.222. The number of halogens is 5. The first-order valence-electron chi connectivity index (χ1n) is 10.1. The standard InChI is InChI=1S/C22H23F5O3S/c1-19(2)6-5-7-21(4)11(10-20(3)8-9-22(19,21)30-20)28-18(31)29-17-15(26)13(24)12(23)14(25)16(17)27/h8-9,11H,5-7,10H2,1-4H3/t11-,20-,21+,22-/m0/s1. The molecule has 1 saturated carbocycles. The van der Waals surface area contributed by atoms with Crippen molar-refractivity contribution in [3.05, 3.63) is 41.2 Å². The number of benzene rings is 1. The highest BCUT2D eigenvalue weighted by molar-refractivity contribution is 7.79. The van der Waals surface area contributed by atoms with Crippen LogP contribution >= 0.6 is 12.2 Å². The SMILES string of the molecule is CC1(C)CCC[C@]2(C)[C@@H](OC(=S)Oc3c(F)c(F)c(F)c(F)c3F)C[C@]3(C)C=C[C@]12O3. The van der Waals surface area contributed by atoms with E-state index < -0.39 is 62.8 Å². The fraction of sp³-hybridized carbons (Fsp3) is 0.591. The van der Waals surface area contributed by atoms with Crippen LogP contribution < -0.4 is 4.74 Å². The van der Waals surface area contributed by atoms with Gasteiger partial charge in [0.1, 0.15) is 11.7 Å². The lowest BCUT2D eigenvalue weighted by molar-refractivity contribution is -0.281. The van der Waals surface area contributed by atoms with E-state index in [0.29, 0.717) is 6.42 Å². The fourth-order valence-electron chi connectivity index (χ4n) is 5.61. The van der Waals surface area contributed by atoms with Crippen LogP contribution in [0.1, 0.15) is 53.4 Å². The summed E-state index contributed by atoms with van der Waals surface area (Å²) in [6, 6.07) is 0. The Hall–Kier alpha value is -1.74. The number of hydrogen-bond donors (Lipinski definition) is 0. The average molecular weight is 462 g/mol. The predicted octanol–water partition coefficient (Wildman–Crippen LogP) is 6.14. The molecule has 1 aliphatic carbocycles. The quantitative estimate of drug-likeness (QED) is 0.174. The molecule has 0 aromatic heterocycles. The van der Waals surface area contributed by atoms with Crippen LogP contribution in [0.3, 0.4) is 0 Å². The Bertz CT molecular complexity index is 967. The molecule has 0 amide bonds. The third kappa shape index (κ3) is 3.03. The topological polar surface area (TPSA) is 27.7 Å². The summed E-state index contributed by atoms with van der Waals surface area (Å²) in [6.07, 6.45) is 6.48. The van der Waals surface area contributed by atoms with Crippen molar-refractivity contribution in [2.75, 3.05) is 0 Å². The third-order valence-corrected chi connectivity index (χ3v) is 7.49. The van der Waals surface area contributed by atoms with Crippen molar-refractivity contribution >= 4 is 17.5 Å². The molecule has 170 valence electrons. The van der Waals surface area contributed by atoms with Gasteiger partial charge in [0.2, 0.25) is 34.8 Å². The van der Waals surface area contributed by atoms with Crippen LogP contribution in [0.15, 0.2) is 12.2 Å². The van der Waals surface area contributed by atoms with E-state index in [1.165, 1.54) is 0 Å². The third-order valence-electron chi connectivity index (χ3n) is 7.31. The maximum absolute atomic E-state index is 14.0. The molecule has 9 heteroatoms. The van der Waals surface area contributed by atoms with E-state index in [2.05, 4.69) is 19.9 Å². The molecule has 2 heterocycles. The number of ether oxygens (including phenoxy) is 3. The molecule has 4 atom stereocenters. The van der Waals surface area contributed by atoms with Crippen LogP contribution in [0, 0.1) is 39.9 Å². The number of thiocarbonyl (C=S) groups is 1. The Kier molecular flexibility index (Phi) is 4.98. The Balaban J connectivity index is 1.64. The van der Waals surface area contributed by atoms with E-state index in [0.717, 1.165) is 19.3 Å². The van der Waals surface area contributed by atoms with E-state index in [1.54, 1.807) is 0 Å².